The van der Waals surface area contributed by atoms with E-state index in [9.17, 15) is 4.79 Å². The molecule has 78 valence electrons. The molecule has 0 aliphatic heterocycles. The van der Waals surface area contributed by atoms with Gasteiger partial charge in [0.15, 0.2) is 0 Å². The van der Waals surface area contributed by atoms with Crippen molar-refractivity contribution >= 4 is 5.78 Å². The molecule has 1 aromatic carbocycles. The van der Waals surface area contributed by atoms with E-state index in [4.69, 9.17) is 5.11 Å². The summed E-state index contributed by atoms with van der Waals surface area (Å²) in [4.78, 5) is 11.2. The second-order valence-electron chi connectivity index (χ2n) is 3.22. The lowest BCUT2D eigenvalue weighted by atomic mass is 10.1. The van der Waals surface area contributed by atoms with E-state index in [-0.39, 0.29) is 12.4 Å². The van der Waals surface area contributed by atoms with Gasteiger partial charge in [0.05, 0.1) is 0 Å². The van der Waals surface area contributed by atoms with Gasteiger partial charge in [-0.2, -0.15) is 0 Å². The third-order valence-corrected chi connectivity index (χ3v) is 1.93. The van der Waals surface area contributed by atoms with E-state index in [2.05, 4.69) is 11.8 Å². The van der Waals surface area contributed by atoms with Crippen LogP contribution in [0.15, 0.2) is 30.3 Å². The predicted octanol–water partition coefficient (Wildman–Crippen LogP) is 1.77. The highest BCUT2D eigenvalue weighted by Gasteiger charge is 1.95. The van der Waals surface area contributed by atoms with Crippen molar-refractivity contribution < 1.29 is 9.90 Å². The predicted molar refractivity (Wildman–Crippen MR) is 59.3 cm³/mol. The third-order valence-electron chi connectivity index (χ3n) is 1.93. The molecule has 0 atom stereocenters. The Balaban J connectivity index is 2.41. The van der Waals surface area contributed by atoms with Crippen LogP contribution in [-0.4, -0.2) is 17.5 Å². The minimum atomic E-state index is -0.0627. The molecular formula is C13H14O2. The lowest BCUT2D eigenvalue weighted by molar-refractivity contribution is -0.113. The molecule has 0 bridgehead atoms. The molecular weight excluding hydrogens is 188 g/mol. The molecule has 2 heteroatoms. The van der Waals surface area contributed by atoms with Crippen molar-refractivity contribution in [1.29, 1.82) is 0 Å². The summed E-state index contributed by atoms with van der Waals surface area (Å²) >= 11 is 0. The zero-order valence-electron chi connectivity index (χ0n) is 8.57. The molecule has 1 N–H and O–H groups in total. The van der Waals surface area contributed by atoms with Gasteiger partial charge in [0, 0.05) is 18.6 Å². The fourth-order valence-corrected chi connectivity index (χ4v) is 1.12. The highest BCUT2D eigenvalue weighted by Crippen LogP contribution is 1.97. The standard InChI is InChI=1S/C13H14O2/c14-11-5-4-8-13(15)10-9-12-6-2-1-3-7-12/h1-3,6-7,14H,4-5,8,11H2. The number of benzene rings is 1. The van der Waals surface area contributed by atoms with E-state index in [1.807, 2.05) is 30.3 Å². The highest BCUT2D eigenvalue weighted by molar-refractivity contribution is 5.95. The maximum absolute atomic E-state index is 11.2. The second kappa shape index (κ2) is 6.80. The van der Waals surface area contributed by atoms with E-state index < -0.39 is 0 Å². The second-order valence-corrected chi connectivity index (χ2v) is 3.22. The molecule has 1 aromatic rings. The van der Waals surface area contributed by atoms with Crippen LogP contribution in [0.25, 0.3) is 0 Å². The van der Waals surface area contributed by atoms with Crippen LogP contribution in [0.2, 0.25) is 0 Å². The number of unbranched alkanes of at least 4 members (excludes halogenated alkanes) is 1. The quantitative estimate of drug-likeness (QED) is 0.596. The van der Waals surface area contributed by atoms with E-state index in [1.165, 1.54) is 0 Å². The van der Waals surface area contributed by atoms with Crippen molar-refractivity contribution in [1.82, 2.24) is 0 Å². The zero-order valence-corrected chi connectivity index (χ0v) is 8.57. The molecule has 0 aromatic heterocycles. The number of rotatable bonds is 4. The highest BCUT2D eigenvalue weighted by atomic mass is 16.2. The Hall–Kier alpha value is -1.59. The van der Waals surface area contributed by atoms with Crippen molar-refractivity contribution in [3.8, 4) is 11.8 Å². The van der Waals surface area contributed by atoms with Crippen molar-refractivity contribution in [2.24, 2.45) is 0 Å². The maximum atomic E-state index is 11.2. The molecule has 0 fully saturated rings. The Bertz CT molecular complexity index is 357. The van der Waals surface area contributed by atoms with Crippen molar-refractivity contribution in [2.45, 2.75) is 19.3 Å². The summed E-state index contributed by atoms with van der Waals surface area (Å²) in [7, 11) is 0. The summed E-state index contributed by atoms with van der Waals surface area (Å²) in [5, 5.41) is 8.54. The van der Waals surface area contributed by atoms with Gasteiger partial charge >= 0.3 is 0 Å². The molecule has 0 radical (unpaired) electrons. The van der Waals surface area contributed by atoms with Gasteiger partial charge in [0.1, 0.15) is 0 Å². The van der Waals surface area contributed by atoms with E-state index in [0.29, 0.717) is 19.3 Å². The van der Waals surface area contributed by atoms with Crippen LogP contribution in [0, 0.1) is 11.8 Å². The minimum absolute atomic E-state index is 0.0627. The van der Waals surface area contributed by atoms with Crippen LogP contribution < -0.4 is 0 Å². The fourth-order valence-electron chi connectivity index (χ4n) is 1.12. The van der Waals surface area contributed by atoms with Crippen LogP contribution in [0.1, 0.15) is 24.8 Å². The Kier molecular flexibility index (Phi) is 5.21. The number of hydrogen-bond acceptors (Lipinski definition) is 2. The van der Waals surface area contributed by atoms with Gasteiger partial charge in [-0.25, -0.2) is 0 Å². The molecule has 15 heavy (non-hydrogen) atoms. The molecule has 0 amide bonds. The molecule has 1 rings (SSSR count). The fraction of sp³-hybridized carbons (Fsp3) is 0.308. The molecule has 0 unspecified atom stereocenters. The summed E-state index contributed by atoms with van der Waals surface area (Å²) in [5.74, 6) is 5.33. The number of hydrogen-bond donors (Lipinski definition) is 1. The third kappa shape index (κ3) is 4.99. The summed E-state index contributed by atoms with van der Waals surface area (Å²) < 4.78 is 0. The smallest absolute Gasteiger partial charge is 0.205 e. The van der Waals surface area contributed by atoms with E-state index >= 15 is 0 Å². The topological polar surface area (TPSA) is 37.3 Å². The summed E-state index contributed by atoms with van der Waals surface area (Å²) in [5.41, 5.74) is 0.855. The van der Waals surface area contributed by atoms with Crippen molar-refractivity contribution in [2.75, 3.05) is 6.61 Å². The first-order valence-electron chi connectivity index (χ1n) is 5.03. The summed E-state index contributed by atoms with van der Waals surface area (Å²) in [6.45, 7) is 0.138. The zero-order chi connectivity index (χ0) is 10.9. The maximum Gasteiger partial charge on any atom is 0.205 e. The van der Waals surface area contributed by atoms with E-state index in [1.54, 1.807) is 0 Å². The minimum Gasteiger partial charge on any atom is -0.396 e. The Morgan fingerprint density at radius 3 is 2.60 bits per heavy atom. The van der Waals surface area contributed by atoms with Gasteiger partial charge in [-0.3, -0.25) is 4.79 Å². The number of carbonyl (C=O) groups is 1. The van der Waals surface area contributed by atoms with Crippen LogP contribution in [0.4, 0.5) is 0 Å². The van der Waals surface area contributed by atoms with Gasteiger partial charge in [-0.05, 0) is 30.9 Å². The van der Waals surface area contributed by atoms with Crippen LogP contribution in [-0.2, 0) is 4.79 Å². The van der Waals surface area contributed by atoms with Gasteiger partial charge in [-0.15, -0.1) is 0 Å². The van der Waals surface area contributed by atoms with Crippen LogP contribution >= 0.6 is 0 Å². The average Bonchev–Trinajstić information content (AvgIpc) is 2.28. The Labute approximate surface area is 89.9 Å². The molecule has 0 saturated carbocycles. The molecule has 0 aliphatic carbocycles. The van der Waals surface area contributed by atoms with Gasteiger partial charge in [-0.1, -0.05) is 24.1 Å². The largest absolute Gasteiger partial charge is 0.396 e. The SMILES string of the molecule is O=C(C#Cc1ccccc1)CCCCO. The Morgan fingerprint density at radius 1 is 1.20 bits per heavy atom. The normalized spacial score (nSPS) is 9.13. The molecule has 0 saturated heterocycles. The molecule has 0 heterocycles. The number of aliphatic hydroxyl groups excluding tert-OH is 1. The average molecular weight is 202 g/mol. The number of aliphatic hydroxyl groups is 1. The van der Waals surface area contributed by atoms with Gasteiger partial charge in [0.25, 0.3) is 0 Å². The van der Waals surface area contributed by atoms with Crippen LogP contribution in [0.5, 0.6) is 0 Å². The molecule has 0 spiro atoms. The van der Waals surface area contributed by atoms with Gasteiger partial charge in [0.2, 0.25) is 5.78 Å². The molecule has 2 nitrogen and oxygen atoms in total. The number of Topliss-reactive ketones (excluding diaryl/α,β-unsaturated/α-hetero) is 1. The van der Waals surface area contributed by atoms with Crippen molar-refractivity contribution in [3.63, 3.8) is 0 Å². The first kappa shape index (κ1) is 11.5. The lowest BCUT2D eigenvalue weighted by Crippen LogP contribution is -1.94. The Morgan fingerprint density at radius 2 is 1.93 bits per heavy atom. The van der Waals surface area contributed by atoms with E-state index in [0.717, 1.165) is 5.56 Å². The number of carbonyl (C=O) groups excluding carboxylic acids is 1. The first-order chi connectivity index (χ1) is 7.33. The lowest BCUT2D eigenvalue weighted by Gasteiger charge is -1.91. The first-order valence-corrected chi connectivity index (χ1v) is 5.03. The summed E-state index contributed by atoms with van der Waals surface area (Å²) in [6.07, 6.45) is 1.80. The monoisotopic (exact) mass is 202 g/mol. The van der Waals surface area contributed by atoms with Crippen molar-refractivity contribution in [3.05, 3.63) is 35.9 Å². The summed E-state index contributed by atoms with van der Waals surface area (Å²) in [6, 6.07) is 9.43. The number of ketones is 1. The van der Waals surface area contributed by atoms with Gasteiger partial charge < -0.3 is 5.11 Å². The molecule has 0 aliphatic rings. The van der Waals surface area contributed by atoms with Crippen LogP contribution in [0.3, 0.4) is 0 Å².